The van der Waals surface area contributed by atoms with Gasteiger partial charge < -0.3 is 5.32 Å². The van der Waals surface area contributed by atoms with Crippen LogP contribution in [0.5, 0.6) is 0 Å². The molecule has 1 fully saturated rings. The second-order valence-corrected chi connectivity index (χ2v) is 5.47. The van der Waals surface area contributed by atoms with Crippen molar-refractivity contribution in [3.05, 3.63) is 0 Å². The van der Waals surface area contributed by atoms with Crippen LogP contribution in [-0.4, -0.2) is 12.1 Å². The van der Waals surface area contributed by atoms with Crippen LogP contribution in [0.4, 0.5) is 0 Å². The van der Waals surface area contributed by atoms with E-state index in [0.717, 1.165) is 6.04 Å². The summed E-state index contributed by atoms with van der Waals surface area (Å²) in [5, 5.41) is 3.81. The van der Waals surface area contributed by atoms with Gasteiger partial charge in [-0.2, -0.15) is 0 Å². The minimum Gasteiger partial charge on any atom is -0.311 e. The molecule has 0 aromatic heterocycles. The molecule has 1 aliphatic rings. The van der Waals surface area contributed by atoms with E-state index in [0.29, 0.717) is 11.5 Å². The average molecular weight is 183 g/mol. The highest BCUT2D eigenvalue weighted by molar-refractivity contribution is 4.84. The fraction of sp³-hybridized carbons (Fsp3) is 1.00. The lowest BCUT2D eigenvalue weighted by atomic mass is 9.84. The van der Waals surface area contributed by atoms with Gasteiger partial charge in [-0.15, -0.1) is 0 Å². The van der Waals surface area contributed by atoms with E-state index in [1.54, 1.807) is 0 Å². The van der Waals surface area contributed by atoms with Crippen molar-refractivity contribution in [1.29, 1.82) is 0 Å². The Morgan fingerprint density at radius 2 is 1.77 bits per heavy atom. The maximum Gasteiger partial charge on any atom is 0.0116 e. The lowest BCUT2D eigenvalue weighted by molar-refractivity contribution is 0.239. The van der Waals surface area contributed by atoms with Crippen LogP contribution in [0.15, 0.2) is 0 Å². The SMILES string of the molecule is CCC(NC1CCCC1)C(C)(C)C. The van der Waals surface area contributed by atoms with Crippen molar-refractivity contribution in [1.82, 2.24) is 5.32 Å². The number of rotatable bonds is 3. The predicted molar refractivity (Wildman–Crippen MR) is 58.9 cm³/mol. The summed E-state index contributed by atoms with van der Waals surface area (Å²) in [4.78, 5) is 0. The molecule has 1 unspecified atom stereocenters. The molecule has 1 atom stereocenters. The Kier molecular flexibility index (Phi) is 3.78. The third-order valence-electron chi connectivity index (χ3n) is 3.25. The first-order valence-electron chi connectivity index (χ1n) is 5.80. The van der Waals surface area contributed by atoms with Gasteiger partial charge in [0.2, 0.25) is 0 Å². The highest BCUT2D eigenvalue weighted by Crippen LogP contribution is 2.25. The van der Waals surface area contributed by atoms with Crippen LogP contribution < -0.4 is 5.32 Å². The molecule has 0 aliphatic heterocycles. The molecule has 0 aromatic carbocycles. The molecule has 13 heavy (non-hydrogen) atoms. The largest absolute Gasteiger partial charge is 0.311 e. The fourth-order valence-corrected chi connectivity index (χ4v) is 2.36. The van der Waals surface area contributed by atoms with Crippen molar-refractivity contribution < 1.29 is 0 Å². The highest BCUT2D eigenvalue weighted by Gasteiger charge is 2.26. The summed E-state index contributed by atoms with van der Waals surface area (Å²) in [5.74, 6) is 0. The van der Waals surface area contributed by atoms with Gasteiger partial charge >= 0.3 is 0 Å². The third kappa shape index (κ3) is 3.30. The Morgan fingerprint density at radius 3 is 2.15 bits per heavy atom. The summed E-state index contributed by atoms with van der Waals surface area (Å²) >= 11 is 0. The van der Waals surface area contributed by atoms with Crippen molar-refractivity contribution in [2.45, 2.75) is 71.9 Å². The number of hydrogen-bond donors (Lipinski definition) is 1. The minimum atomic E-state index is 0.414. The van der Waals surface area contributed by atoms with Gasteiger partial charge in [0.1, 0.15) is 0 Å². The van der Waals surface area contributed by atoms with E-state index in [1.807, 2.05) is 0 Å². The van der Waals surface area contributed by atoms with Crippen molar-refractivity contribution in [3.8, 4) is 0 Å². The van der Waals surface area contributed by atoms with E-state index >= 15 is 0 Å². The van der Waals surface area contributed by atoms with Crippen LogP contribution in [0.25, 0.3) is 0 Å². The molecule has 1 nitrogen and oxygen atoms in total. The Bertz CT molecular complexity index is 140. The zero-order valence-corrected chi connectivity index (χ0v) is 9.69. The molecule has 1 N–H and O–H groups in total. The molecule has 78 valence electrons. The van der Waals surface area contributed by atoms with Crippen molar-refractivity contribution >= 4 is 0 Å². The summed E-state index contributed by atoms with van der Waals surface area (Å²) in [5.41, 5.74) is 0.414. The standard InChI is InChI=1S/C12H25N/c1-5-11(12(2,3)4)13-10-8-6-7-9-10/h10-11,13H,5-9H2,1-4H3. The van der Waals surface area contributed by atoms with Gasteiger partial charge in [-0.25, -0.2) is 0 Å². The summed E-state index contributed by atoms with van der Waals surface area (Å²) in [6.07, 6.45) is 6.90. The Balaban J connectivity index is 2.39. The smallest absolute Gasteiger partial charge is 0.0116 e. The minimum absolute atomic E-state index is 0.414. The Hall–Kier alpha value is -0.0400. The van der Waals surface area contributed by atoms with Crippen LogP contribution in [0.3, 0.4) is 0 Å². The molecule has 0 spiro atoms. The summed E-state index contributed by atoms with van der Waals surface area (Å²) < 4.78 is 0. The first-order valence-corrected chi connectivity index (χ1v) is 5.80. The lowest BCUT2D eigenvalue weighted by Crippen LogP contribution is -2.44. The topological polar surface area (TPSA) is 12.0 Å². The number of hydrogen-bond acceptors (Lipinski definition) is 1. The summed E-state index contributed by atoms with van der Waals surface area (Å²) in [7, 11) is 0. The first kappa shape index (κ1) is 11.0. The molecular formula is C12H25N. The Labute approximate surface area is 83.3 Å². The maximum atomic E-state index is 3.81. The number of nitrogens with one attached hydrogen (secondary N) is 1. The van der Waals surface area contributed by atoms with Gasteiger partial charge in [0, 0.05) is 12.1 Å². The zero-order valence-electron chi connectivity index (χ0n) is 9.69. The van der Waals surface area contributed by atoms with Crippen molar-refractivity contribution in [2.75, 3.05) is 0 Å². The quantitative estimate of drug-likeness (QED) is 0.707. The van der Waals surface area contributed by atoms with E-state index in [9.17, 15) is 0 Å². The lowest BCUT2D eigenvalue weighted by Gasteiger charge is -2.33. The fourth-order valence-electron chi connectivity index (χ4n) is 2.36. The van der Waals surface area contributed by atoms with E-state index in [1.165, 1.54) is 32.1 Å². The summed E-state index contributed by atoms with van der Waals surface area (Å²) in [6.45, 7) is 9.30. The predicted octanol–water partition coefficient (Wildman–Crippen LogP) is 3.34. The van der Waals surface area contributed by atoms with E-state index < -0.39 is 0 Å². The van der Waals surface area contributed by atoms with Gasteiger partial charge in [-0.05, 0) is 24.7 Å². The highest BCUT2D eigenvalue weighted by atomic mass is 15.0. The molecule has 0 amide bonds. The zero-order chi connectivity index (χ0) is 9.90. The van der Waals surface area contributed by atoms with Crippen LogP contribution in [0.1, 0.15) is 59.8 Å². The second kappa shape index (κ2) is 4.45. The molecule has 0 heterocycles. The second-order valence-electron chi connectivity index (χ2n) is 5.47. The Morgan fingerprint density at radius 1 is 1.23 bits per heavy atom. The molecule has 1 saturated carbocycles. The maximum absolute atomic E-state index is 3.81. The van der Waals surface area contributed by atoms with Crippen LogP contribution >= 0.6 is 0 Å². The molecule has 1 heteroatoms. The summed E-state index contributed by atoms with van der Waals surface area (Å²) in [6, 6.07) is 1.50. The normalized spacial score (nSPS) is 22.2. The van der Waals surface area contributed by atoms with E-state index in [2.05, 4.69) is 33.0 Å². The van der Waals surface area contributed by atoms with Gasteiger partial charge in [0.25, 0.3) is 0 Å². The molecule has 1 aliphatic carbocycles. The molecule has 0 saturated heterocycles. The van der Waals surface area contributed by atoms with Crippen molar-refractivity contribution in [3.63, 3.8) is 0 Å². The first-order chi connectivity index (χ1) is 6.04. The molecule has 0 aromatic rings. The van der Waals surface area contributed by atoms with Gasteiger partial charge in [-0.3, -0.25) is 0 Å². The van der Waals surface area contributed by atoms with Gasteiger partial charge in [0.05, 0.1) is 0 Å². The molecular weight excluding hydrogens is 158 g/mol. The van der Waals surface area contributed by atoms with Crippen LogP contribution in [-0.2, 0) is 0 Å². The van der Waals surface area contributed by atoms with Gasteiger partial charge in [0.15, 0.2) is 0 Å². The van der Waals surface area contributed by atoms with Crippen LogP contribution in [0, 0.1) is 5.41 Å². The molecule has 0 radical (unpaired) electrons. The van der Waals surface area contributed by atoms with E-state index in [-0.39, 0.29) is 0 Å². The third-order valence-corrected chi connectivity index (χ3v) is 3.25. The van der Waals surface area contributed by atoms with Crippen LogP contribution in [0.2, 0.25) is 0 Å². The molecule has 1 rings (SSSR count). The monoisotopic (exact) mass is 183 g/mol. The van der Waals surface area contributed by atoms with Crippen molar-refractivity contribution in [2.24, 2.45) is 5.41 Å². The molecule has 0 bridgehead atoms. The average Bonchev–Trinajstić information content (AvgIpc) is 2.49. The van der Waals surface area contributed by atoms with E-state index in [4.69, 9.17) is 0 Å². The van der Waals surface area contributed by atoms with Gasteiger partial charge in [-0.1, -0.05) is 40.5 Å².